The number of carbonyl (C=O) groups excluding carboxylic acids is 3. The number of carbonyl (C=O) groups is 3. The second-order valence-corrected chi connectivity index (χ2v) is 10.5. The molecule has 5 rings (SSSR count). The van der Waals surface area contributed by atoms with Crippen molar-refractivity contribution in [2.24, 2.45) is 11.8 Å². The Kier molecular flexibility index (Phi) is 6.27. The molecule has 1 N–H and O–H groups in total. The van der Waals surface area contributed by atoms with Crippen LogP contribution in [0.2, 0.25) is 0 Å². The van der Waals surface area contributed by atoms with Crippen LogP contribution in [0.15, 0.2) is 24.3 Å². The Labute approximate surface area is 206 Å². The fraction of sp³-hybridized carbons (Fsp3) is 0.720. The number of likely N-dealkylation sites (tertiary alicyclic amines) is 1. The van der Waals surface area contributed by atoms with Gasteiger partial charge in [0.15, 0.2) is 0 Å². The summed E-state index contributed by atoms with van der Waals surface area (Å²) in [6.45, 7) is 8.35. The van der Waals surface area contributed by atoms with Crippen molar-refractivity contribution in [2.75, 3.05) is 66.1 Å². The van der Waals surface area contributed by atoms with Gasteiger partial charge in [0, 0.05) is 46.3 Å². The Hall–Kier alpha value is -2.27. The molecule has 35 heavy (non-hydrogen) atoms. The Morgan fingerprint density at radius 2 is 1.74 bits per heavy atom. The van der Waals surface area contributed by atoms with Crippen LogP contribution in [0.25, 0.3) is 0 Å². The second-order valence-electron chi connectivity index (χ2n) is 10.5. The van der Waals surface area contributed by atoms with Crippen molar-refractivity contribution in [1.29, 1.82) is 0 Å². The molecule has 0 aromatic rings. The molecule has 3 saturated heterocycles. The third-order valence-electron chi connectivity index (χ3n) is 8.31. The smallest absolute Gasteiger partial charge is 0.249 e. The van der Waals surface area contributed by atoms with E-state index in [1.807, 2.05) is 31.2 Å². The van der Waals surface area contributed by atoms with Gasteiger partial charge in [-0.15, -0.1) is 0 Å². The van der Waals surface area contributed by atoms with Crippen LogP contribution in [-0.2, 0) is 23.9 Å². The maximum Gasteiger partial charge on any atom is 0.249 e. The third kappa shape index (κ3) is 3.73. The molecule has 1 spiro atoms. The Morgan fingerprint density at radius 3 is 2.46 bits per heavy atom. The number of rotatable bonds is 5. The first-order valence-electron chi connectivity index (χ1n) is 12.6. The summed E-state index contributed by atoms with van der Waals surface area (Å²) in [4.78, 5) is 48.7. The normalized spacial score (nSPS) is 38.3. The Morgan fingerprint density at radius 1 is 1.03 bits per heavy atom. The van der Waals surface area contributed by atoms with E-state index in [4.69, 9.17) is 9.47 Å². The predicted molar refractivity (Wildman–Crippen MR) is 126 cm³/mol. The highest BCUT2D eigenvalue weighted by Crippen LogP contribution is 2.57. The minimum absolute atomic E-state index is 0.167. The van der Waals surface area contributed by atoms with Crippen LogP contribution < -0.4 is 0 Å². The first-order valence-corrected chi connectivity index (χ1v) is 12.6. The van der Waals surface area contributed by atoms with Crippen molar-refractivity contribution in [3.8, 4) is 0 Å². The van der Waals surface area contributed by atoms with Gasteiger partial charge in [-0.3, -0.25) is 19.3 Å². The van der Waals surface area contributed by atoms with E-state index >= 15 is 0 Å². The predicted octanol–water partition coefficient (Wildman–Crippen LogP) is -0.903. The number of fused-ring (bicyclic) bond motifs is 2. The molecule has 10 nitrogen and oxygen atoms in total. The van der Waals surface area contributed by atoms with Crippen LogP contribution in [-0.4, -0.2) is 132 Å². The summed E-state index contributed by atoms with van der Waals surface area (Å²) in [6, 6.07) is -1.53. The third-order valence-corrected chi connectivity index (χ3v) is 8.31. The fourth-order valence-electron chi connectivity index (χ4n) is 6.48. The Bertz CT molecular complexity index is 948. The molecule has 5 aliphatic heterocycles. The topological polar surface area (TPSA) is 103 Å². The standard InChI is InChI=1S/C25H36N4O6/c1-17(16-30)29-20-23(33)28(11-10-27-12-14-34-15-13-27)9-5-7-25(20)19(22(29)32)18-21(31)26(3)8-4-6-24(18,2)35-25/h4-7,17-20,30H,8-16H2,1-3H3/t17-,18-,19+,20?,24+,25+/m1/s1. The summed E-state index contributed by atoms with van der Waals surface area (Å²) < 4.78 is 12.1. The number of ether oxygens (including phenoxy) is 2. The van der Waals surface area contributed by atoms with Gasteiger partial charge in [0.1, 0.15) is 11.6 Å². The lowest BCUT2D eigenvalue weighted by Crippen LogP contribution is -2.58. The molecule has 10 heteroatoms. The van der Waals surface area contributed by atoms with E-state index in [9.17, 15) is 19.5 Å². The number of likely N-dealkylation sites (N-methyl/N-ethyl adjacent to an activating group) is 1. The number of nitrogens with zero attached hydrogens (tertiary/aromatic N) is 4. The summed E-state index contributed by atoms with van der Waals surface area (Å²) in [5.74, 6) is -2.28. The zero-order valence-electron chi connectivity index (χ0n) is 20.8. The maximum absolute atomic E-state index is 14.1. The van der Waals surface area contributed by atoms with Crippen LogP contribution in [0.4, 0.5) is 0 Å². The van der Waals surface area contributed by atoms with E-state index in [2.05, 4.69) is 4.90 Å². The molecule has 0 aromatic carbocycles. The van der Waals surface area contributed by atoms with Gasteiger partial charge in [0.2, 0.25) is 17.7 Å². The van der Waals surface area contributed by atoms with Crippen molar-refractivity contribution in [3.63, 3.8) is 0 Å². The summed E-state index contributed by atoms with van der Waals surface area (Å²) in [5.41, 5.74) is -2.29. The highest BCUT2D eigenvalue weighted by Gasteiger charge is 2.75. The first-order chi connectivity index (χ1) is 16.7. The lowest BCUT2D eigenvalue weighted by atomic mass is 9.74. The number of hydrogen-bond donors (Lipinski definition) is 1. The Balaban J connectivity index is 1.52. The van der Waals surface area contributed by atoms with Crippen LogP contribution in [0, 0.1) is 11.8 Å². The number of morpholine rings is 1. The molecule has 0 bridgehead atoms. The quantitative estimate of drug-likeness (QED) is 0.500. The molecule has 3 amide bonds. The highest BCUT2D eigenvalue weighted by atomic mass is 16.5. The highest BCUT2D eigenvalue weighted by molar-refractivity contribution is 6.00. The molecule has 5 aliphatic rings. The van der Waals surface area contributed by atoms with Gasteiger partial charge in [-0.2, -0.15) is 0 Å². The average molecular weight is 489 g/mol. The van der Waals surface area contributed by atoms with Crippen molar-refractivity contribution < 1.29 is 29.0 Å². The zero-order chi connectivity index (χ0) is 25.0. The van der Waals surface area contributed by atoms with E-state index in [1.54, 1.807) is 23.8 Å². The fourth-order valence-corrected chi connectivity index (χ4v) is 6.48. The van der Waals surface area contributed by atoms with Crippen molar-refractivity contribution in [3.05, 3.63) is 24.3 Å². The minimum Gasteiger partial charge on any atom is -0.394 e. The van der Waals surface area contributed by atoms with Gasteiger partial charge in [-0.25, -0.2) is 0 Å². The summed E-state index contributed by atoms with van der Waals surface area (Å²) in [6.07, 6.45) is 7.50. The molecule has 3 fully saturated rings. The first kappa shape index (κ1) is 24.4. The molecule has 5 heterocycles. The van der Waals surface area contributed by atoms with E-state index in [-0.39, 0.29) is 24.3 Å². The van der Waals surface area contributed by atoms with Crippen LogP contribution in [0.3, 0.4) is 0 Å². The van der Waals surface area contributed by atoms with Crippen molar-refractivity contribution in [1.82, 2.24) is 19.6 Å². The van der Waals surface area contributed by atoms with Crippen LogP contribution >= 0.6 is 0 Å². The van der Waals surface area contributed by atoms with Crippen molar-refractivity contribution in [2.45, 2.75) is 37.1 Å². The lowest BCUT2D eigenvalue weighted by Gasteiger charge is -2.39. The van der Waals surface area contributed by atoms with Crippen LogP contribution in [0.1, 0.15) is 13.8 Å². The zero-order valence-corrected chi connectivity index (χ0v) is 20.8. The summed E-state index contributed by atoms with van der Waals surface area (Å²) in [5, 5.41) is 10.00. The molecular formula is C25H36N4O6. The van der Waals surface area contributed by atoms with E-state index in [0.717, 1.165) is 13.1 Å². The molecule has 192 valence electrons. The largest absolute Gasteiger partial charge is 0.394 e. The molecule has 0 aromatic heterocycles. The molecule has 6 atom stereocenters. The van der Waals surface area contributed by atoms with Gasteiger partial charge < -0.3 is 29.3 Å². The number of hydrogen-bond acceptors (Lipinski definition) is 7. The SMILES string of the molecule is C[C@H](CO)N1C(=O)[C@@H]2[C@@H]3C(=O)N(C)CC=C[C@]3(C)O[C@@]23C=CCN(CCN2CCOCC2)C(=O)C13. The van der Waals surface area contributed by atoms with Crippen LogP contribution in [0.5, 0.6) is 0 Å². The monoisotopic (exact) mass is 488 g/mol. The lowest BCUT2D eigenvalue weighted by molar-refractivity contribution is -0.155. The molecular weight excluding hydrogens is 452 g/mol. The van der Waals surface area contributed by atoms with Gasteiger partial charge in [0.05, 0.1) is 43.3 Å². The molecule has 0 aliphatic carbocycles. The summed E-state index contributed by atoms with van der Waals surface area (Å²) >= 11 is 0. The average Bonchev–Trinajstić information content (AvgIpc) is 3.14. The van der Waals surface area contributed by atoms with Crippen molar-refractivity contribution >= 4 is 17.7 Å². The molecule has 0 radical (unpaired) electrons. The van der Waals surface area contributed by atoms with E-state index in [1.165, 1.54) is 4.90 Å². The van der Waals surface area contributed by atoms with E-state index < -0.39 is 35.1 Å². The van der Waals surface area contributed by atoms with Gasteiger partial charge in [0.25, 0.3) is 0 Å². The van der Waals surface area contributed by atoms with Gasteiger partial charge in [-0.05, 0) is 13.8 Å². The number of aliphatic hydroxyl groups is 1. The number of aliphatic hydroxyl groups excluding tert-OH is 1. The second kappa shape index (κ2) is 8.99. The van der Waals surface area contributed by atoms with Gasteiger partial charge >= 0.3 is 0 Å². The maximum atomic E-state index is 14.1. The minimum atomic E-state index is -1.27. The number of amides is 3. The summed E-state index contributed by atoms with van der Waals surface area (Å²) in [7, 11) is 1.72. The molecule has 1 unspecified atom stereocenters. The molecule has 0 saturated carbocycles. The van der Waals surface area contributed by atoms with Gasteiger partial charge in [-0.1, -0.05) is 24.3 Å². The van der Waals surface area contributed by atoms with E-state index in [0.29, 0.717) is 39.4 Å².